The first-order valence-corrected chi connectivity index (χ1v) is 7.91. The van der Waals surface area contributed by atoms with Gasteiger partial charge in [-0.3, -0.25) is 0 Å². The Hall–Kier alpha value is -3.12. The zero-order chi connectivity index (χ0) is 17.5. The normalized spacial score (nSPS) is 11.7. The van der Waals surface area contributed by atoms with E-state index in [0.29, 0.717) is 24.0 Å². The fourth-order valence-electron chi connectivity index (χ4n) is 2.28. The third-order valence-corrected chi connectivity index (χ3v) is 3.57. The van der Waals surface area contributed by atoms with Crippen molar-refractivity contribution in [3.63, 3.8) is 0 Å². The van der Waals surface area contributed by atoms with Crippen LogP contribution in [0.3, 0.4) is 0 Å². The highest BCUT2D eigenvalue weighted by atomic mass is 16.5. The molecule has 3 rings (SSSR count). The molecule has 1 heterocycles. The van der Waals surface area contributed by atoms with Gasteiger partial charge in [0.2, 0.25) is 11.8 Å². The highest BCUT2D eigenvalue weighted by Gasteiger charge is 2.09. The lowest BCUT2D eigenvalue weighted by atomic mass is 10.1. The fourth-order valence-corrected chi connectivity index (χ4v) is 2.28. The van der Waals surface area contributed by atoms with E-state index in [1.165, 1.54) is 6.07 Å². The SMILES string of the molecule is Oc1cccc(C(O)CNc2nccc(OCc3ccccc3)n2)c1. The van der Waals surface area contributed by atoms with Crippen molar-refractivity contribution in [3.8, 4) is 11.6 Å². The van der Waals surface area contributed by atoms with Gasteiger partial charge in [0.25, 0.3) is 0 Å². The number of hydrogen-bond acceptors (Lipinski definition) is 6. The molecule has 2 aromatic carbocycles. The summed E-state index contributed by atoms with van der Waals surface area (Å²) in [6.07, 6.45) is 0.806. The number of nitrogens with zero attached hydrogens (tertiary/aromatic N) is 2. The van der Waals surface area contributed by atoms with Gasteiger partial charge in [0, 0.05) is 18.8 Å². The van der Waals surface area contributed by atoms with E-state index in [1.807, 2.05) is 30.3 Å². The number of aromatic hydroxyl groups is 1. The van der Waals surface area contributed by atoms with Crippen LogP contribution in [0.4, 0.5) is 5.95 Å². The van der Waals surface area contributed by atoms with Gasteiger partial charge in [-0.15, -0.1) is 0 Å². The van der Waals surface area contributed by atoms with Crippen molar-refractivity contribution in [2.24, 2.45) is 0 Å². The molecule has 3 aromatic rings. The first-order chi connectivity index (χ1) is 12.2. The second kappa shape index (κ2) is 8.12. The molecule has 0 saturated heterocycles. The van der Waals surface area contributed by atoms with Crippen LogP contribution in [0.5, 0.6) is 11.6 Å². The molecule has 3 N–H and O–H groups in total. The number of ether oxygens (including phenoxy) is 1. The van der Waals surface area contributed by atoms with Crippen LogP contribution < -0.4 is 10.1 Å². The number of aromatic nitrogens is 2. The zero-order valence-electron chi connectivity index (χ0n) is 13.5. The predicted octanol–water partition coefficient (Wildman–Crippen LogP) is 2.91. The number of hydrogen-bond donors (Lipinski definition) is 3. The van der Waals surface area contributed by atoms with E-state index >= 15 is 0 Å². The molecule has 0 radical (unpaired) electrons. The van der Waals surface area contributed by atoms with Crippen molar-refractivity contribution in [2.75, 3.05) is 11.9 Å². The molecule has 1 unspecified atom stereocenters. The Kier molecular flexibility index (Phi) is 5.43. The Bertz CT molecular complexity index is 812. The molecule has 0 spiro atoms. The van der Waals surface area contributed by atoms with E-state index in [1.54, 1.807) is 30.5 Å². The summed E-state index contributed by atoms with van der Waals surface area (Å²) in [7, 11) is 0. The fraction of sp³-hybridized carbons (Fsp3) is 0.158. The number of anilines is 1. The zero-order valence-corrected chi connectivity index (χ0v) is 13.5. The minimum atomic E-state index is -0.787. The van der Waals surface area contributed by atoms with Crippen molar-refractivity contribution in [1.29, 1.82) is 0 Å². The molecule has 25 heavy (non-hydrogen) atoms. The summed E-state index contributed by atoms with van der Waals surface area (Å²) in [5.41, 5.74) is 1.67. The van der Waals surface area contributed by atoms with Crippen LogP contribution in [-0.2, 0) is 6.61 Å². The Labute approximate surface area is 145 Å². The summed E-state index contributed by atoms with van der Waals surface area (Å²) in [6.45, 7) is 0.634. The molecule has 1 aromatic heterocycles. The lowest BCUT2D eigenvalue weighted by Crippen LogP contribution is -2.14. The first-order valence-electron chi connectivity index (χ1n) is 7.91. The largest absolute Gasteiger partial charge is 0.508 e. The predicted molar refractivity (Wildman–Crippen MR) is 94.4 cm³/mol. The van der Waals surface area contributed by atoms with Gasteiger partial charge in [-0.05, 0) is 23.3 Å². The number of aliphatic hydroxyl groups excluding tert-OH is 1. The van der Waals surface area contributed by atoms with E-state index in [-0.39, 0.29) is 12.3 Å². The van der Waals surface area contributed by atoms with Crippen LogP contribution in [0.15, 0.2) is 66.9 Å². The van der Waals surface area contributed by atoms with Gasteiger partial charge in [-0.25, -0.2) is 4.98 Å². The number of rotatable bonds is 7. The van der Waals surface area contributed by atoms with Crippen LogP contribution in [0, 0.1) is 0 Å². The van der Waals surface area contributed by atoms with E-state index < -0.39 is 6.10 Å². The van der Waals surface area contributed by atoms with Gasteiger partial charge in [0.1, 0.15) is 12.4 Å². The van der Waals surface area contributed by atoms with Gasteiger partial charge >= 0.3 is 0 Å². The average molecular weight is 337 g/mol. The van der Waals surface area contributed by atoms with Gasteiger partial charge in [0.15, 0.2) is 0 Å². The van der Waals surface area contributed by atoms with Crippen molar-refractivity contribution < 1.29 is 14.9 Å². The standard InChI is InChI=1S/C19H19N3O3/c23-16-8-4-7-15(11-16)17(24)12-21-19-20-10-9-18(22-19)25-13-14-5-2-1-3-6-14/h1-11,17,23-24H,12-13H2,(H,20,21,22). The van der Waals surface area contributed by atoms with E-state index in [0.717, 1.165) is 5.56 Å². The maximum Gasteiger partial charge on any atom is 0.226 e. The third-order valence-electron chi connectivity index (χ3n) is 3.57. The molecule has 1 atom stereocenters. The van der Waals surface area contributed by atoms with Gasteiger partial charge in [0.05, 0.1) is 6.10 Å². The molecular formula is C19H19N3O3. The van der Waals surface area contributed by atoms with E-state index in [2.05, 4.69) is 15.3 Å². The summed E-state index contributed by atoms with van der Waals surface area (Å²) < 4.78 is 5.65. The molecule has 0 aliphatic heterocycles. The molecule has 128 valence electrons. The monoisotopic (exact) mass is 337 g/mol. The molecule has 0 saturated carbocycles. The molecule has 6 heteroatoms. The van der Waals surface area contributed by atoms with Gasteiger partial charge < -0.3 is 20.3 Å². The molecule has 0 bridgehead atoms. The molecular weight excluding hydrogens is 318 g/mol. The lowest BCUT2D eigenvalue weighted by molar-refractivity contribution is 0.191. The minimum absolute atomic E-state index is 0.115. The summed E-state index contributed by atoms with van der Waals surface area (Å²) in [5.74, 6) is 0.932. The summed E-state index contributed by atoms with van der Waals surface area (Å²) in [6, 6.07) is 18.0. The number of benzene rings is 2. The Morgan fingerprint density at radius 1 is 1.04 bits per heavy atom. The Balaban J connectivity index is 1.56. The van der Waals surface area contributed by atoms with Gasteiger partial charge in [-0.1, -0.05) is 42.5 Å². The van der Waals surface area contributed by atoms with Crippen LogP contribution in [0.25, 0.3) is 0 Å². The molecule has 0 fully saturated rings. The second-order valence-corrected chi connectivity index (χ2v) is 5.48. The highest BCUT2D eigenvalue weighted by molar-refractivity contribution is 5.32. The van der Waals surface area contributed by atoms with Crippen LogP contribution in [0.2, 0.25) is 0 Å². The average Bonchev–Trinajstić information content (AvgIpc) is 2.66. The first kappa shape index (κ1) is 16.7. The van der Waals surface area contributed by atoms with Gasteiger partial charge in [-0.2, -0.15) is 4.98 Å². The maximum absolute atomic E-state index is 10.2. The topological polar surface area (TPSA) is 87.5 Å². The number of nitrogens with one attached hydrogen (secondary N) is 1. The second-order valence-electron chi connectivity index (χ2n) is 5.48. The molecule has 0 aliphatic carbocycles. The summed E-state index contributed by atoms with van der Waals surface area (Å²) in [5, 5.41) is 22.6. The molecule has 0 amide bonds. The van der Waals surface area contributed by atoms with Crippen LogP contribution in [-0.4, -0.2) is 26.7 Å². The van der Waals surface area contributed by atoms with E-state index in [4.69, 9.17) is 4.74 Å². The van der Waals surface area contributed by atoms with Crippen LogP contribution >= 0.6 is 0 Å². The molecule has 6 nitrogen and oxygen atoms in total. The van der Waals surface area contributed by atoms with Crippen LogP contribution in [0.1, 0.15) is 17.2 Å². The Morgan fingerprint density at radius 2 is 1.88 bits per heavy atom. The van der Waals surface area contributed by atoms with Crippen molar-refractivity contribution in [2.45, 2.75) is 12.7 Å². The maximum atomic E-state index is 10.2. The summed E-state index contributed by atoms with van der Waals surface area (Å²) >= 11 is 0. The smallest absolute Gasteiger partial charge is 0.226 e. The summed E-state index contributed by atoms with van der Waals surface area (Å²) in [4.78, 5) is 8.38. The number of phenols is 1. The van der Waals surface area contributed by atoms with Crippen molar-refractivity contribution >= 4 is 5.95 Å². The van der Waals surface area contributed by atoms with Crippen molar-refractivity contribution in [1.82, 2.24) is 9.97 Å². The van der Waals surface area contributed by atoms with E-state index in [9.17, 15) is 10.2 Å². The quantitative estimate of drug-likeness (QED) is 0.614. The number of aliphatic hydroxyl groups is 1. The highest BCUT2D eigenvalue weighted by Crippen LogP contribution is 2.18. The number of phenolic OH excluding ortho intramolecular Hbond substituents is 1. The Morgan fingerprint density at radius 3 is 2.68 bits per heavy atom. The molecule has 0 aliphatic rings. The van der Waals surface area contributed by atoms with Crippen molar-refractivity contribution in [3.05, 3.63) is 78.0 Å². The third kappa shape index (κ3) is 4.92. The minimum Gasteiger partial charge on any atom is -0.508 e. The lowest BCUT2D eigenvalue weighted by Gasteiger charge is -2.13.